The van der Waals surface area contributed by atoms with Gasteiger partial charge in [0.05, 0.1) is 0 Å². The van der Waals surface area contributed by atoms with Crippen molar-refractivity contribution < 1.29 is 69.9 Å². The first-order valence-electron chi connectivity index (χ1n) is 7.67. The predicted molar refractivity (Wildman–Crippen MR) is 105 cm³/mol. The summed E-state index contributed by atoms with van der Waals surface area (Å²) < 4.78 is 100. The summed E-state index contributed by atoms with van der Waals surface area (Å²) in [4.78, 5) is -1.96. The Morgan fingerprint density at radius 2 is 1.00 bits per heavy atom. The van der Waals surface area contributed by atoms with E-state index < -0.39 is 45.0 Å². The fourth-order valence-electron chi connectivity index (χ4n) is 3.55. The Morgan fingerprint density at radius 1 is 0.600 bits per heavy atom. The molecular weight excluding hydrogens is 469 g/mol. The first-order chi connectivity index (χ1) is 13.2. The van der Waals surface area contributed by atoms with Gasteiger partial charge in [0.2, 0.25) is 0 Å². The van der Waals surface area contributed by atoms with E-state index in [9.17, 15) is 38.9 Å². The second-order valence-electron chi connectivity index (χ2n) is 6.33. The number of hydrogen-bond acceptors (Lipinski definition) is 7. The van der Waals surface area contributed by atoms with Crippen molar-refractivity contribution in [1.82, 2.24) is 0 Å². The van der Waals surface area contributed by atoms with E-state index in [-0.39, 0.29) is 69.0 Å². The summed E-state index contributed by atoms with van der Waals surface area (Å²) in [6.07, 6.45) is 0. The van der Waals surface area contributed by atoms with Crippen LogP contribution in [-0.2, 0) is 30.4 Å². The van der Waals surface area contributed by atoms with Crippen LogP contribution < -0.4 is 35.3 Å². The molecule has 4 rings (SSSR count). The third kappa shape index (κ3) is 3.45. The maximum Gasteiger partial charge on any atom is 1.00 e. The Bertz CT molecular complexity index is 1680. The van der Waals surface area contributed by atoms with Crippen LogP contribution >= 0.6 is 0 Å². The van der Waals surface area contributed by atoms with Crippen LogP contribution in [0.5, 0.6) is 0 Å². The van der Waals surface area contributed by atoms with Crippen LogP contribution in [-0.4, -0.2) is 38.9 Å². The maximum atomic E-state index is 11.9. The third-order valence-corrected chi connectivity index (χ3v) is 7.35. The molecule has 0 fully saturated rings. The molecule has 0 aliphatic rings. The summed E-state index contributed by atoms with van der Waals surface area (Å²) in [5.41, 5.74) is 5.91. The minimum absolute atomic E-state index is 0. The molecule has 0 spiro atoms. The molecule has 0 atom stereocenters. The van der Waals surface area contributed by atoms with Gasteiger partial charge in [-0.3, -0.25) is 13.7 Å². The quantitative estimate of drug-likeness (QED) is 0.122. The molecule has 0 bridgehead atoms. The molecule has 0 amide bonds. The van der Waals surface area contributed by atoms with Crippen molar-refractivity contribution in [1.29, 1.82) is 0 Å². The number of nitrogen functional groups attached to an aromatic ring is 1. The fraction of sp³-hybridized carbons (Fsp3) is 0. The van der Waals surface area contributed by atoms with Crippen molar-refractivity contribution in [2.75, 3.05) is 5.73 Å². The summed E-state index contributed by atoms with van der Waals surface area (Å²) in [6.45, 7) is 0. The van der Waals surface area contributed by atoms with Gasteiger partial charge in [0.25, 0.3) is 30.4 Å². The average molecular weight is 481 g/mol. The summed E-state index contributed by atoms with van der Waals surface area (Å²) in [5.74, 6) is 0. The van der Waals surface area contributed by atoms with Crippen LogP contribution in [0.4, 0.5) is 5.69 Å². The van der Waals surface area contributed by atoms with Crippen LogP contribution in [0.2, 0.25) is 0 Å². The Hall–Kier alpha value is -1.55. The van der Waals surface area contributed by atoms with Gasteiger partial charge in [0.15, 0.2) is 0 Å². The standard InChI is InChI=1S/C16H11NO9S3.Na.H/c17-11-3-1-7-14(29(24,25)26)6-10-12(27(18,19)20)4-2-8-13(28(21,22)23)5-9(11)15(7)16(8)10;;/h1-6H,17H2,(H,18,19,20)(H,21,22,23)(H,24,25,26);;/q;+1;-1. The zero-order chi connectivity index (χ0) is 21.5. The maximum absolute atomic E-state index is 11.9. The smallest absolute Gasteiger partial charge is 1.00 e. The fourth-order valence-corrected chi connectivity index (χ4v) is 5.66. The molecule has 0 heterocycles. The van der Waals surface area contributed by atoms with E-state index in [2.05, 4.69) is 0 Å². The van der Waals surface area contributed by atoms with Crippen molar-refractivity contribution in [2.45, 2.75) is 14.7 Å². The molecule has 0 aliphatic carbocycles. The van der Waals surface area contributed by atoms with Crippen LogP contribution in [0.1, 0.15) is 1.43 Å². The molecule has 0 saturated carbocycles. The van der Waals surface area contributed by atoms with E-state index in [4.69, 9.17) is 5.73 Å². The second-order valence-corrected chi connectivity index (χ2v) is 10.5. The molecule has 0 radical (unpaired) electrons. The van der Waals surface area contributed by atoms with E-state index >= 15 is 0 Å². The molecule has 0 aromatic heterocycles. The average Bonchev–Trinajstić information content (AvgIpc) is 2.57. The van der Waals surface area contributed by atoms with E-state index in [0.717, 1.165) is 24.3 Å². The monoisotopic (exact) mass is 481 g/mol. The number of anilines is 1. The summed E-state index contributed by atoms with van der Waals surface area (Å²) >= 11 is 0. The normalized spacial score (nSPS) is 13.2. The van der Waals surface area contributed by atoms with Gasteiger partial charge in [-0.2, -0.15) is 25.3 Å². The van der Waals surface area contributed by atoms with E-state index in [1.807, 2.05) is 0 Å². The zero-order valence-electron chi connectivity index (χ0n) is 16.1. The molecule has 5 N–H and O–H groups in total. The van der Waals surface area contributed by atoms with Gasteiger partial charge >= 0.3 is 29.6 Å². The number of benzene rings is 4. The molecule has 4 aromatic rings. The first kappa shape index (κ1) is 23.1. The summed E-state index contributed by atoms with van der Waals surface area (Å²) in [7, 11) is -14.5. The van der Waals surface area contributed by atoms with Gasteiger partial charge < -0.3 is 7.16 Å². The Kier molecular flexibility index (Phi) is 5.38. The number of hydrogen-bond donors (Lipinski definition) is 4. The molecule has 30 heavy (non-hydrogen) atoms. The van der Waals surface area contributed by atoms with Crippen LogP contribution in [0.25, 0.3) is 32.3 Å². The molecule has 0 unspecified atom stereocenters. The summed E-state index contributed by atoms with van der Waals surface area (Å²) in [6, 6.07) is 6.30. The zero-order valence-corrected chi connectivity index (χ0v) is 19.5. The van der Waals surface area contributed by atoms with Crippen molar-refractivity contribution in [2.24, 2.45) is 0 Å². The van der Waals surface area contributed by atoms with Gasteiger partial charge in [-0.25, -0.2) is 0 Å². The van der Waals surface area contributed by atoms with Crippen LogP contribution in [0.15, 0.2) is 51.1 Å². The molecule has 0 saturated heterocycles. The van der Waals surface area contributed by atoms with E-state index in [1.165, 1.54) is 12.1 Å². The number of nitrogens with two attached hydrogens (primary N) is 1. The van der Waals surface area contributed by atoms with E-state index in [1.54, 1.807) is 0 Å². The van der Waals surface area contributed by atoms with Crippen molar-refractivity contribution in [3.63, 3.8) is 0 Å². The summed E-state index contributed by atoms with van der Waals surface area (Å²) in [5, 5.41) is -0.566. The minimum atomic E-state index is -4.87. The Balaban J connectivity index is 0.00000171. The first-order valence-corrected chi connectivity index (χ1v) is 12.0. The molecule has 4 aromatic carbocycles. The third-order valence-electron chi connectivity index (χ3n) is 4.65. The molecule has 14 heteroatoms. The van der Waals surface area contributed by atoms with Crippen LogP contribution in [0.3, 0.4) is 0 Å². The van der Waals surface area contributed by atoms with Gasteiger partial charge in [-0.15, -0.1) is 0 Å². The van der Waals surface area contributed by atoms with Gasteiger partial charge in [-0.05, 0) is 24.3 Å². The molecular formula is C16H12NNaO9S3. The van der Waals surface area contributed by atoms with Crippen molar-refractivity contribution in [3.8, 4) is 0 Å². The van der Waals surface area contributed by atoms with Crippen molar-refractivity contribution >= 4 is 68.4 Å². The largest absolute Gasteiger partial charge is 1.00 e. The molecule has 0 aliphatic heterocycles. The second kappa shape index (κ2) is 6.98. The Labute approximate surface area is 194 Å². The van der Waals surface area contributed by atoms with E-state index in [0.29, 0.717) is 0 Å². The van der Waals surface area contributed by atoms with Gasteiger partial charge in [-0.1, -0.05) is 12.1 Å². The predicted octanol–water partition coefficient (Wildman–Crippen LogP) is -0.977. The minimum Gasteiger partial charge on any atom is -1.00 e. The van der Waals surface area contributed by atoms with Gasteiger partial charge in [0.1, 0.15) is 14.7 Å². The van der Waals surface area contributed by atoms with Crippen LogP contribution in [0, 0.1) is 0 Å². The Morgan fingerprint density at radius 3 is 1.47 bits per heavy atom. The molecule has 10 nitrogen and oxygen atoms in total. The SMILES string of the molecule is Nc1ccc2c(S(=O)(=O)O)cc3c(S(=O)(=O)O)ccc4c(S(=O)(=O)O)cc1c2c43.[H-].[Na+]. The number of rotatable bonds is 3. The van der Waals surface area contributed by atoms with Crippen molar-refractivity contribution in [3.05, 3.63) is 36.4 Å². The van der Waals surface area contributed by atoms with Gasteiger partial charge in [0, 0.05) is 38.0 Å². The topological polar surface area (TPSA) is 189 Å². The molecule has 154 valence electrons.